The van der Waals surface area contributed by atoms with Crippen molar-refractivity contribution in [3.05, 3.63) is 29.6 Å². The third kappa shape index (κ3) is 6.40. The third-order valence-electron chi connectivity index (χ3n) is 6.26. The summed E-state index contributed by atoms with van der Waals surface area (Å²) in [5, 5.41) is 6.32. The van der Waals surface area contributed by atoms with Crippen LogP contribution < -0.4 is 15.4 Å². The number of rotatable bonds is 7. The summed E-state index contributed by atoms with van der Waals surface area (Å²) in [7, 11) is 1.44. The van der Waals surface area contributed by atoms with Gasteiger partial charge in [-0.2, -0.15) is 0 Å². The number of carbonyl (C=O) groups is 2. The Morgan fingerprint density at radius 1 is 1.23 bits per heavy atom. The number of halogens is 1. The van der Waals surface area contributed by atoms with E-state index < -0.39 is 5.82 Å². The molecule has 1 saturated carbocycles. The van der Waals surface area contributed by atoms with Crippen LogP contribution in [0.1, 0.15) is 49.9 Å². The van der Waals surface area contributed by atoms with Crippen LogP contribution in [-0.2, 0) is 9.53 Å². The van der Waals surface area contributed by atoms with Gasteiger partial charge in [0.05, 0.1) is 32.4 Å². The molecule has 1 aliphatic heterocycles. The summed E-state index contributed by atoms with van der Waals surface area (Å²) in [6.45, 7) is 6.76. The molecule has 0 atom stereocenters. The molecule has 3 rings (SSSR count). The van der Waals surface area contributed by atoms with Crippen molar-refractivity contribution >= 4 is 11.8 Å². The summed E-state index contributed by atoms with van der Waals surface area (Å²) in [5.41, 5.74) is -0.00443. The van der Waals surface area contributed by atoms with E-state index in [2.05, 4.69) is 10.6 Å². The fraction of sp³-hybridized carbons (Fsp3) is 0.652. The van der Waals surface area contributed by atoms with Gasteiger partial charge in [0.2, 0.25) is 5.91 Å². The Bertz CT molecular complexity index is 778. The van der Waals surface area contributed by atoms with Crippen LogP contribution in [0, 0.1) is 11.7 Å². The molecule has 8 heteroatoms. The minimum Gasteiger partial charge on any atom is -0.497 e. The molecular formula is C23H34FN3O4. The molecule has 2 N–H and O–H groups in total. The van der Waals surface area contributed by atoms with Gasteiger partial charge in [-0.1, -0.05) is 0 Å². The highest BCUT2D eigenvalue weighted by atomic mass is 19.1. The number of benzene rings is 1. The highest BCUT2D eigenvalue weighted by Crippen LogP contribution is 2.24. The molecule has 2 amide bonds. The van der Waals surface area contributed by atoms with Crippen molar-refractivity contribution in [3.63, 3.8) is 0 Å². The molecule has 31 heavy (non-hydrogen) atoms. The first-order valence-electron chi connectivity index (χ1n) is 11.0. The SMILES string of the molecule is COc1cc(F)cc(C(=O)NCC2CCC(NCC(=O)N3CCOCC3(C)C)CC2)c1. The third-order valence-corrected chi connectivity index (χ3v) is 6.26. The van der Waals surface area contributed by atoms with Crippen LogP contribution >= 0.6 is 0 Å². The van der Waals surface area contributed by atoms with Crippen molar-refractivity contribution in [2.75, 3.05) is 40.0 Å². The molecule has 0 bridgehead atoms. The van der Waals surface area contributed by atoms with E-state index in [9.17, 15) is 14.0 Å². The van der Waals surface area contributed by atoms with Gasteiger partial charge in [0.15, 0.2) is 0 Å². The van der Waals surface area contributed by atoms with Gasteiger partial charge in [-0.25, -0.2) is 4.39 Å². The highest BCUT2D eigenvalue weighted by Gasteiger charge is 2.34. The smallest absolute Gasteiger partial charge is 0.251 e. The molecule has 1 aromatic carbocycles. The molecule has 1 heterocycles. The standard InChI is InChI=1S/C23H34FN3O4/c1-23(2)15-31-9-8-27(23)21(28)14-25-19-6-4-16(5-7-19)13-26-22(29)17-10-18(24)12-20(11-17)30-3/h10-12,16,19,25H,4-9,13-15H2,1-3H3,(H,26,29). The molecule has 172 valence electrons. The van der Waals surface area contributed by atoms with E-state index in [0.29, 0.717) is 50.6 Å². The number of carbonyl (C=O) groups excluding carboxylic acids is 2. The summed E-state index contributed by atoms with van der Waals surface area (Å²) in [4.78, 5) is 26.9. The number of amides is 2. The fourth-order valence-electron chi connectivity index (χ4n) is 4.37. The molecule has 1 saturated heterocycles. The van der Waals surface area contributed by atoms with Crippen LogP contribution in [-0.4, -0.2) is 68.3 Å². The lowest BCUT2D eigenvalue weighted by Gasteiger charge is -2.42. The predicted molar refractivity (Wildman–Crippen MR) is 116 cm³/mol. The monoisotopic (exact) mass is 435 g/mol. The molecule has 0 unspecified atom stereocenters. The summed E-state index contributed by atoms with van der Waals surface area (Å²) in [6, 6.07) is 4.31. The maximum Gasteiger partial charge on any atom is 0.251 e. The Labute approximate surface area is 183 Å². The first-order chi connectivity index (χ1) is 14.8. The van der Waals surface area contributed by atoms with Crippen LogP contribution in [0.25, 0.3) is 0 Å². The molecule has 1 aromatic rings. The number of hydrogen-bond donors (Lipinski definition) is 2. The lowest BCUT2D eigenvalue weighted by Crippen LogP contribution is -2.57. The Kier molecular flexibility index (Phi) is 7.89. The van der Waals surface area contributed by atoms with Crippen molar-refractivity contribution in [2.45, 2.75) is 51.1 Å². The van der Waals surface area contributed by atoms with E-state index in [0.717, 1.165) is 25.7 Å². The molecule has 2 fully saturated rings. The zero-order valence-corrected chi connectivity index (χ0v) is 18.7. The van der Waals surface area contributed by atoms with Gasteiger partial charge in [-0.15, -0.1) is 0 Å². The molecule has 7 nitrogen and oxygen atoms in total. The van der Waals surface area contributed by atoms with Crippen LogP contribution in [0.3, 0.4) is 0 Å². The van der Waals surface area contributed by atoms with Crippen LogP contribution in [0.2, 0.25) is 0 Å². The predicted octanol–water partition coefficient (Wildman–Crippen LogP) is 2.35. The van der Waals surface area contributed by atoms with Crippen molar-refractivity contribution in [1.29, 1.82) is 0 Å². The van der Waals surface area contributed by atoms with Gasteiger partial charge in [0.25, 0.3) is 5.91 Å². The number of morpholine rings is 1. The average molecular weight is 436 g/mol. The molecular weight excluding hydrogens is 401 g/mol. The number of nitrogens with one attached hydrogen (secondary N) is 2. The van der Waals surface area contributed by atoms with Crippen LogP contribution in [0.5, 0.6) is 5.75 Å². The lowest BCUT2D eigenvalue weighted by atomic mass is 9.86. The fourth-order valence-corrected chi connectivity index (χ4v) is 4.37. The normalized spacial score (nSPS) is 23.3. The van der Waals surface area contributed by atoms with E-state index in [1.165, 1.54) is 25.3 Å². The zero-order chi connectivity index (χ0) is 22.4. The summed E-state index contributed by atoms with van der Waals surface area (Å²) in [6.07, 6.45) is 3.88. The number of methoxy groups -OCH3 is 1. The van der Waals surface area contributed by atoms with E-state index in [4.69, 9.17) is 9.47 Å². The van der Waals surface area contributed by atoms with Gasteiger partial charge in [-0.05, 0) is 57.6 Å². The second kappa shape index (κ2) is 10.4. The summed E-state index contributed by atoms with van der Waals surface area (Å²) < 4.78 is 24.1. The minimum absolute atomic E-state index is 0.119. The number of hydrogen-bond acceptors (Lipinski definition) is 5. The van der Waals surface area contributed by atoms with Crippen molar-refractivity contribution in [2.24, 2.45) is 5.92 Å². The van der Waals surface area contributed by atoms with Gasteiger partial charge in [0.1, 0.15) is 11.6 Å². The Balaban J connectivity index is 1.38. The highest BCUT2D eigenvalue weighted by molar-refractivity contribution is 5.94. The van der Waals surface area contributed by atoms with Crippen molar-refractivity contribution in [1.82, 2.24) is 15.5 Å². The maximum atomic E-state index is 13.6. The molecule has 0 radical (unpaired) electrons. The second-order valence-electron chi connectivity index (χ2n) is 9.10. The molecule has 2 aliphatic rings. The lowest BCUT2D eigenvalue weighted by molar-refractivity contribution is -0.145. The van der Waals surface area contributed by atoms with Gasteiger partial charge in [0, 0.05) is 30.8 Å². The quantitative estimate of drug-likeness (QED) is 0.687. The second-order valence-corrected chi connectivity index (χ2v) is 9.10. The van der Waals surface area contributed by atoms with E-state index >= 15 is 0 Å². The van der Waals surface area contributed by atoms with Gasteiger partial charge in [-0.3, -0.25) is 9.59 Å². The Morgan fingerprint density at radius 3 is 2.65 bits per heavy atom. The first-order valence-corrected chi connectivity index (χ1v) is 11.0. The largest absolute Gasteiger partial charge is 0.497 e. The number of nitrogens with zero attached hydrogens (tertiary/aromatic N) is 1. The topological polar surface area (TPSA) is 79.9 Å². The summed E-state index contributed by atoms with van der Waals surface area (Å²) in [5.74, 6) is 0.0363. The Morgan fingerprint density at radius 2 is 1.97 bits per heavy atom. The molecule has 0 spiro atoms. The van der Waals surface area contributed by atoms with Gasteiger partial charge < -0.3 is 25.0 Å². The van der Waals surface area contributed by atoms with E-state index in [-0.39, 0.29) is 22.9 Å². The zero-order valence-electron chi connectivity index (χ0n) is 18.7. The van der Waals surface area contributed by atoms with Crippen molar-refractivity contribution < 1.29 is 23.5 Å². The van der Waals surface area contributed by atoms with Gasteiger partial charge >= 0.3 is 0 Å². The van der Waals surface area contributed by atoms with Crippen molar-refractivity contribution in [3.8, 4) is 5.75 Å². The van der Waals surface area contributed by atoms with E-state index in [1.807, 2.05) is 18.7 Å². The minimum atomic E-state index is -0.494. The van der Waals surface area contributed by atoms with E-state index in [1.54, 1.807) is 0 Å². The first kappa shape index (κ1) is 23.5. The molecule has 0 aromatic heterocycles. The number of ether oxygens (including phenoxy) is 2. The average Bonchev–Trinajstić information content (AvgIpc) is 2.75. The Hall–Kier alpha value is -2.19. The molecule has 1 aliphatic carbocycles. The summed E-state index contributed by atoms with van der Waals surface area (Å²) >= 11 is 0. The maximum absolute atomic E-state index is 13.6. The van der Waals surface area contributed by atoms with Crippen LogP contribution in [0.4, 0.5) is 4.39 Å². The van der Waals surface area contributed by atoms with Crippen LogP contribution in [0.15, 0.2) is 18.2 Å².